The molecule has 0 aliphatic carbocycles. The fourth-order valence-electron chi connectivity index (χ4n) is 1.17. The molecule has 0 rings (SSSR count). The van der Waals surface area contributed by atoms with E-state index in [4.69, 9.17) is 13.6 Å². The molecule has 112 valence electrons. The Kier molecular flexibility index (Phi) is 10.8. The fraction of sp³-hybridized carbons (Fsp3) is 1.00. The molecule has 0 spiro atoms. The number of rotatable bonds is 12. The molecule has 0 unspecified atom stereocenters. The van der Waals surface area contributed by atoms with E-state index in [2.05, 4.69) is 51.7 Å². The van der Waals surface area contributed by atoms with Gasteiger partial charge in [-0.1, -0.05) is 0 Å². The van der Waals surface area contributed by atoms with Gasteiger partial charge in [-0.3, -0.25) is 0 Å². The van der Waals surface area contributed by atoms with Gasteiger partial charge in [-0.15, -0.1) is 0 Å². The Bertz CT molecular complexity index is 182. The first-order valence-electron chi connectivity index (χ1n) is 6.87. The van der Waals surface area contributed by atoms with Gasteiger partial charge >= 0.3 is 128 Å². The van der Waals surface area contributed by atoms with Crippen LogP contribution in [-0.4, -0.2) is 19.8 Å². The van der Waals surface area contributed by atoms with E-state index in [1.165, 1.54) is 0 Å². The summed E-state index contributed by atoms with van der Waals surface area (Å²) < 4.78 is 14.4. The van der Waals surface area contributed by atoms with Crippen LogP contribution in [0.4, 0.5) is 0 Å². The Morgan fingerprint density at radius 1 is 0.667 bits per heavy atom. The average Bonchev–Trinajstić information content (AvgIpc) is 2.30. The van der Waals surface area contributed by atoms with Crippen LogP contribution in [0.5, 0.6) is 0 Å². The summed E-state index contributed by atoms with van der Waals surface area (Å²) in [5.74, 6) is 0. The van der Waals surface area contributed by atoms with Gasteiger partial charge in [0.2, 0.25) is 0 Å². The van der Waals surface area contributed by atoms with Gasteiger partial charge in [0.05, 0.1) is 0 Å². The third kappa shape index (κ3) is 9.22. The zero-order valence-electron chi connectivity index (χ0n) is 11.8. The van der Waals surface area contributed by atoms with Crippen molar-refractivity contribution in [3.05, 3.63) is 0 Å². The summed E-state index contributed by atoms with van der Waals surface area (Å²) in [5, 5.41) is 0. The number of halogens is 2. The Morgan fingerprint density at radius 3 is 1.17 bits per heavy atom. The van der Waals surface area contributed by atoms with Crippen molar-refractivity contribution >= 4 is 35.7 Å². The maximum absolute atomic E-state index is 5.87. The van der Waals surface area contributed by atoms with E-state index in [0.717, 1.165) is 38.5 Å². The summed E-state index contributed by atoms with van der Waals surface area (Å²) in [7, 11) is 0. The zero-order chi connectivity index (χ0) is 13.9. The zero-order valence-corrected chi connectivity index (χ0v) is 15.9. The monoisotopic (exact) mass is 408 g/mol. The van der Waals surface area contributed by atoms with E-state index >= 15 is 0 Å². The molecule has 18 heavy (non-hydrogen) atoms. The molecule has 0 saturated heterocycles. The van der Waals surface area contributed by atoms with Crippen molar-refractivity contribution in [2.45, 2.75) is 59.3 Å². The fourth-order valence-corrected chi connectivity index (χ4v) is 5.25. The van der Waals surface area contributed by atoms with E-state index < -0.39 is 4.69 Å². The van der Waals surface area contributed by atoms with Gasteiger partial charge < -0.3 is 0 Å². The first-order valence-corrected chi connectivity index (χ1v) is 12.9. The van der Waals surface area contributed by atoms with Crippen LogP contribution in [0.2, 0.25) is 0 Å². The van der Waals surface area contributed by atoms with Gasteiger partial charge in [-0.25, -0.2) is 0 Å². The van der Waals surface area contributed by atoms with E-state index in [9.17, 15) is 0 Å². The minimum absolute atomic E-state index is 0.642. The summed E-state index contributed by atoms with van der Waals surface area (Å²) in [6.45, 7) is 8.33. The molecule has 0 bridgehead atoms. The van der Waals surface area contributed by atoms with E-state index in [1.807, 2.05) is 0 Å². The van der Waals surface area contributed by atoms with E-state index in [0.29, 0.717) is 19.8 Å². The van der Waals surface area contributed by atoms with Gasteiger partial charge in [0, 0.05) is 0 Å². The second kappa shape index (κ2) is 10.1. The van der Waals surface area contributed by atoms with Crippen molar-refractivity contribution < 1.29 is 13.6 Å². The predicted octanol–water partition coefficient (Wildman–Crippen LogP) is 6.35. The number of unbranched alkanes of at least 4 members (excludes halogenated alkanes) is 3. The molecule has 0 saturated carbocycles. The van der Waals surface area contributed by atoms with E-state index in [1.54, 1.807) is 0 Å². The molecule has 0 aromatic rings. The SMILES string of the molecule is CCCCOP(Br)(Br)(OCCCC)OCCCC. The molecule has 0 atom stereocenters. The Hall–Kier alpha value is 1.27. The van der Waals surface area contributed by atoms with Crippen molar-refractivity contribution in [2.75, 3.05) is 19.8 Å². The summed E-state index contributed by atoms with van der Waals surface area (Å²) in [4.78, 5) is 0. The van der Waals surface area contributed by atoms with Crippen molar-refractivity contribution in [1.29, 1.82) is 0 Å². The van der Waals surface area contributed by atoms with Crippen LogP contribution < -0.4 is 0 Å². The molecule has 0 fully saturated rings. The topological polar surface area (TPSA) is 27.7 Å². The quantitative estimate of drug-likeness (QED) is 0.277. The van der Waals surface area contributed by atoms with Gasteiger partial charge in [-0.2, -0.15) is 0 Å². The van der Waals surface area contributed by atoms with Crippen LogP contribution >= 0.6 is 35.7 Å². The normalized spacial score (nSPS) is 14.4. The molecule has 0 amide bonds. The van der Waals surface area contributed by atoms with Crippen LogP contribution in [0.1, 0.15) is 59.3 Å². The van der Waals surface area contributed by atoms with Crippen LogP contribution in [0.3, 0.4) is 0 Å². The summed E-state index contributed by atoms with van der Waals surface area (Å²) in [6, 6.07) is 0. The van der Waals surface area contributed by atoms with Crippen molar-refractivity contribution in [3.63, 3.8) is 0 Å². The first-order chi connectivity index (χ1) is 8.46. The molecular formula is C12H27Br2O3P. The Labute approximate surface area is 128 Å². The van der Waals surface area contributed by atoms with Gasteiger partial charge in [0.15, 0.2) is 0 Å². The van der Waals surface area contributed by atoms with E-state index in [-0.39, 0.29) is 0 Å². The molecule has 0 aliphatic rings. The van der Waals surface area contributed by atoms with Gasteiger partial charge in [-0.05, 0) is 0 Å². The first kappa shape index (κ1) is 19.3. The van der Waals surface area contributed by atoms with Gasteiger partial charge in [0.1, 0.15) is 0 Å². The molecule has 0 aromatic carbocycles. The second-order valence-electron chi connectivity index (χ2n) is 4.26. The molecule has 0 aliphatic heterocycles. The number of hydrogen-bond acceptors (Lipinski definition) is 3. The molecule has 0 radical (unpaired) electrons. The van der Waals surface area contributed by atoms with Crippen LogP contribution in [-0.2, 0) is 13.6 Å². The molecule has 0 heterocycles. The maximum atomic E-state index is 5.87. The molecule has 0 aromatic heterocycles. The second-order valence-corrected chi connectivity index (χ2v) is 16.6. The minimum atomic E-state index is -3.21. The summed E-state index contributed by atoms with van der Waals surface area (Å²) in [6.07, 6.45) is 6.29. The molecule has 3 nitrogen and oxygen atoms in total. The predicted molar refractivity (Wildman–Crippen MR) is 87.4 cm³/mol. The van der Waals surface area contributed by atoms with Crippen molar-refractivity contribution in [1.82, 2.24) is 0 Å². The summed E-state index contributed by atoms with van der Waals surface area (Å²) >= 11 is 7.12. The molecule has 6 heteroatoms. The third-order valence-corrected chi connectivity index (χ3v) is 7.83. The van der Waals surface area contributed by atoms with Crippen molar-refractivity contribution in [3.8, 4) is 0 Å². The summed E-state index contributed by atoms with van der Waals surface area (Å²) in [5.41, 5.74) is 0. The third-order valence-electron chi connectivity index (χ3n) is 2.38. The Morgan fingerprint density at radius 2 is 0.944 bits per heavy atom. The molecule has 0 N–H and O–H groups in total. The van der Waals surface area contributed by atoms with Crippen LogP contribution in [0, 0.1) is 0 Å². The van der Waals surface area contributed by atoms with Crippen molar-refractivity contribution in [2.24, 2.45) is 0 Å². The van der Waals surface area contributed by atoms with Crippen LogP contribution in [0.15, 0.2) is 0 Å². The molecular weight excluding hydrogens is 383 g/mol. The number of hydrogen-bond donors (Lipinski definition) is 0. The standard InChI is InChI=1S/C12H27Br2O3P/c1-4-7-10-15-18(13,14,16-11-8-5-2)17-12-9-6-3/h4-12H2,1-3H3. The van der Waals surface area contributed by atoms with Crippen LogP contribution in [0.25, 0.3) is 0 Å². The average molecular weight is 410 g/mol. The Balaban J connectivity index is 4.33. The van der Waals surface area contributed by atoms with Gasteiger partial charge in [0.25, 0.3) is 0 Å².